The summed E-state index contributed by atoms with van der Waals surface area (Å²) >= 11 is 13.1. The van der Waals surface area contributed by atoms with Crippen molar-refractivity contribution < 1.29 is 18.0 Å². The number of nitriles is 1. The number of carbonyl (C=O) groups excluding carboxylic acids is 1. The van der Waals surface area contributed by atoms with Crippen molar-refractivity contribution in [1.29, 1.82) is 5.26 Å². The summed E-state index contributed by atoms with van der Waals surface area (Å²) in [6.07, 6.45) is 2.81. The number of hydrogen-bond acceptors (Lipinski definition) is 7. The summed E-state index contributed by atoms with van der Waals surface area (Å²) in [5.74, 6) is -7.15. The Morgan fingerprint density at radius 1 is 1.24 bits per heavy atom. The van der Waals surface area contributed by atoms with Gasteiger partial charge in [0.2, 0.25) is 5.91 Å². The van der Waals surface area contributed by atoms with Crippen LogP contribution in [-0.2, 0) is 4.79 Å². The Labute approximate surface area is 273 Å². The van der Waals surface area contributed by atoms with Crippen LogP contribution in [-0.4, -0.2) is 56.4 Å². The van der Waals surface area contributed by atoms with Crippen molar-refractivity contribution in [3.63, 3.8) is 0 Å². The van der Waals surface area contributed by atoms with E-state index in [4.69, 9.17) is 28.9 Å². The Balaban J connectivity index is 1.89. The van der Waals surface area contributed by atoms with Crippen molar-refractivity contribution in [3.05, 3.63) is 92.1 Å². The summed E-state index contributed by atoms with van der Waals surface area (Å²) in [7, 11) is 0. The molecule has 240 valence electrons. The topological polar surface area (TPSA) is 121 Å². The lowest BCUT2D eigenvalue weighted by Crippen LogP contribution is -2.54. The van der Waals surface area contributed by atoms with Crippen LogP contribution in [0, 0.1) is 18.3 Å². The first-order chi connectivity index (χ1) is 21.7. The number of allylic oxidation sites excluding steroid dienone is 4. The Hall–Kier alpha value is -4.34. The van der Waals surface area contributed by atoms with Crippen molar-refractivity contribution >= 4 is 45.8 Å². The summed E-state index contributed by atoms with van der Waals surface area (Å²) in [6, 6.07) is 4.82. The zero-order valence-electron chi connectivity index (χ0n) is 25.4. The average Bonchev–Trinajstić information content (AvgIpc) is 3.02. The first-order valence-corrected chi connectivity index (χ1v) is 15.2. The predicted octanol–water partition coefficient (Wildman–Crippen LogP) is 5.96. The van der Waals surface area contributed by atoms with Crippen molar-refractivity contribution in [1.82, 2.24) is 19.4 Å². The van der Waals surface area contributed by atoms with Crippen LogP contribution in [0.4, 0.5) is 18.9 Å². The monoisotopic (exact) mass is 671 g/mol. The number of piperazine rings is 1. The van der Waals surface area contributed by atoms with Crippen LogP contribution in [0.25, 0.3) is 16.7 Å². The van der Waals surface area contributed by atoms with Gasteiger partial charge in [0, 0.05) is 37.3 Å². The molecular formula is C32H30Cl2F3N7O2. The molecule has 5 rings (SSSR count). The molecule has 1 aliphatic carbocycles. The lowest BCUT2D eigenvalue weighted by Gasteiger charge is -2.41. The van der Waals surface area contributed by atoms with E-state index in [0.717, 1.165) is 0 Å². The quantitative estimate of drug-likeness (QED) is 0.263. The summed E-state index contributed by atoms with van der Waals surface area (Å²) in [4.78, 5) is 39.4. The third-order valence-corrected chi connectivity index (χ3v) is 9.14. The highest BCUT2D eigenvalue weighted by Gasteiger charge is 2.41. The maximum absolute atomic E-state index is 15.4. The molecule has 1 saturated heterocycles. The van der Waals surface area contributed by atoms with E-state index in [-0.39, 0.29) is 70.5 Å². The van der Waals surface area contributed by atoms with E-state index >= 15 is 4.39 Å². The van der Waals surface area contributed by atoms with E-state index in [1.807, 2.05) is 20.8 Å². The highest BCUT2D eigenvalue weighted by atomic mass is 35.5. The lowest BCUT2D eigenvalue weighted by atomic mass is 9.91. The van der Waals surface area contributed by atoms with Gasteiger partial charge in [0.25, 0.3) is 5.56 Å². The molecule has 3 atom stereocenters. The van der Waals surface area contributed by atoms with Gasteiger partial charge in [-0.2, -0.15) is 5.26 Å². The van der Waals surface area contributed by atoms with E-state index in [9.17, 15) is 23.6 Å². The van der Waals surface area contributed by atoms with Crippen LogP contribution in [0.15, 0.2) is 59.0 Å². The molecule has 0 aromatic carbocycles. The first-order valence-electron chi connectivity index (χ1n) is 14.4. The molecule has 3 aromatic rings. The van der Waals surface area contributed by atoms with Gasteiger partial charge in [0.1, 0.15) is 23.1 Å². The number of fused-ring (bicyclic) bond motifs is 1. The van der Waals surface area contributed by atoms with Gasteiger partial charge in [-0.3, -0.25) is 19.1 Å². The number of halogens is 5. The number of pyridine rings is 3. The second-order valence-corrected chi connectivity index (χ2v) is 12.4. The van der Waals surface area contributed by atoms with E-state index in [0.29, 0.717) is 16.9 Å². The van der Waals surface area contributed by atoms with Gasteiger partial charge in [-0.15, -0.1) is 11.6 Å². The third kappa shape index (κ3) is 5.21. The Morgan fingerprint density at radius 2 is 1.93 bits per heavy atom. The fourth-order valence-corrected chi connectivity index (χ4v) is 6.68. The van der Waals surface area contributed by atoms with Crippen molar-refractivity contribution in [2.24, 2.45) is 5.73 Å². The van der Waals surface area contributed by atoms with Crippen LogP contribution < -0.4 is 16.2 Å². The van der Waals surface area contributed by atoms with Gasteiger partial charge in [-0.05, 0) is 43.5 Å². The minimum absolute atomic E-state index is 0.0423. The number of aryl methyl sites for hydroxylation is 1. The summed E-state index contributed by atoms with van der Waals surface area (Å²) in [5, 5.41) is 8.90. The Bertz CT molecular complexity index is 1970. The molecule has 46 heavy (non-hydrogen) atoms. The molecule has 2 unspecified atom stereocenters. The molecule has 9 nitrogen and oxygen atoms in total. The fourth-order valence-electron chi connectivity index (χ4n) is 6.08. The van der Waals surface area contributed by atoms with Crippen LogP contribution in [0.5, 0.6) is 0 Å². The standard InChI is InChI=1S/C32H30Cl2F3N7O2/c1-6-20(45)43-10-9-42(13-16(43)5)30-17-11-19(33)28(21-22(34)26(39)25(37)24(36)23(21)35)41-31(17)44(32(46)18(30)12-38)29-15(4)7-8-40-27(29)14(2)3/h6-8,11,14,16,21-22H,1,9-10,13,39H2,2-5H3/t16-,21?,22?/m1/s1. The van der Waals surface area contributed by atoms with Crippen molar-refractivity contribution in [2.45, 2.75) is 50.9 Å². The number of nitrogens with two attached hydrogens (primary N) is 1. The predicted molar refractivity (Wildman–Crippen MR) is 171 cm³/mol. The number of hydrogen-bond donors (Lipinski definition) is 1. The second-order valence-electron chi connectivity index (χ2n) is 11.6. The van der Waals surface area contributed by atoms with E-state index < -0.39 is 40.0 Å². The molecule has 3 aromatic heterocycles. The number of alkyl halides is 1. The Kier molecular flexibility index (Phi) is 8.94. The number of nitrogens with zero attached hydrogens (tertiary/aromatic N) is 6. The molecule has 14 heteroatoms. The highest BCUT2D eigenvalue weighted by molar-refractivity contribution is 6.32. The van der Waals surface area contributed by atoms with Gasteiger partial charge in [0.15, 0.2) is 11.7 Å². The largest absolute Gasteiger partial charge is 0.398 e. The van der Waals surface area contributed by atoms with E-state index in [1.54, 1.807) is 29.0 Å². The van der Waals surface area contributed by atoms with Gasteiger partial charge in [-0.25, -0.2) is 18.2 Å². The minimum atomic E-state index is -1.82. The fraction of sp³-hybridized carbons (Fsp3) is 0.344. The maximum Gasteiger partial charge on any atom is 0.276 e. The first kappa shape index (κ1) is 33.0. The van der Waals surface area contributed by atoms with Gasteiger partial charge >= 0.3 is 0 Å². The number of aromatic nitrogens is 3. The Morgan fingerprint density at radius 3 is 2.54 bits per heavy atom. The molecule has 4 heterocycles. The molecule has 2 aliphatic rings. The summed E-state index contributed by atoms with van der Waals surface area (Å²) in [5.41, 5.74) is 5.41. The normalized spacial score (nSPS) is 20.5. The maximum atomic E-state index is 15.4. The zero-order valence-corrected chi connectivity index (χ0v) is 26.9. The number of anilines is 1. The van der Waals surface area contributed by atoms with Crippen LogP contribution in [0.3, 0.4) is 0 Å². The number of carbonyl (C=O) groups is 1. The van der Waals surface area contributed by atoms with Crippen molar-refractivity contribution in [2.75, 3.05) is 24.5 Å². The average molecular weight is 673 g/mol. The molecular weight excluding hydrogens is 642 g/mol. The van der Waals surface area contributed by atoms with E-state index in [1.165, 1.54) is 16.7 Å². The molecule has 2 N–H and O–H groups in total. The van der Waals surface area contributed by atoms with E-state index in [2.05, 4.69) is 22.6 Å². The molecule has 0 spiro atoms. The van der Waals surface area contributed by atoms with Gasteiger partial charge in [-0.1, -0.05) is 32.0 Å². The SMILES string of the molecule is C=CC(=O)N1CCN(c2c(C#N)c(=O)n(-c3c(C)ccnc3C(C)C)c3nc(C4C(F)=C(F)C(F)=C(N)C4Cl)c(Cl)cc23)C[C@H]1C. The molecule has 0 saturated carbocycles. The van der Waals surface area contributed by atoms with Gasteiger partial charge in [0.05, 0.1) is 44.8 Å². The molecule has 1 amide bonds. The second kappa shape index (κ2) is 12.5. The smallest absolute Gasteiger partial charge is 0.276 e. The number of rotatable bonds is 5. The minimum Gasteiger partial charge on any atom is -0.398 e. The third-order valence-electron chi connectivity index (χ3n) is 8.35. The zero-order chi connectivity index (χ0) is 33.8. The van der Waals surface area contributed by atoms with Crippen LogP contribution in [0.1, 0.15) is 55.1 Å². The molecule has 0 bridgehead atoms. The van der Waals surface area contributed by atoms with Crippen LogP contribution in [0.2, 0.25) is 5.02 Å². The lowest BCUT2D eigenvalue weighted by molar-refractivity contribution is -0.128. The molecule has 1 aliphatic heterocycles. The summed E-state index contributed by atoms with van der Waals surface area (Å²) < 4.78 is 45.6. The summed E-state index contributed by atoms with van der Waals surface area (Å²) in [6.45, 7) is 11.7. The highest BCUT2D eigenvalue weighted by Crippen LogP contribution is 2.46. The number of amides is 1. The molecule has 0 radical (unpaired) electrons. The van der Waals surface area contributed by atoms with Crippen molar-refractivity contribution in [3.8, 4) is 11.8 Å². The molecule has 1 fully saturated rings. The van der Waals surface area contributed by atoms with Crippen LogP contribution >= 0.6 is 23.2 Å². The van der Waals surface area contributed by atoms with Gasteiger partial charge < -0.3 is 15.5 Å².